The van der Waals surface area contributed by atoms with Crippen LogP contribution < -0.4 is 32.3 Å². The fourth-order valence-corrected chi connectivity index (χ4v) is 8.13. The largest absolute Gasteiger partial charge is 0.296 e. The monoisotopic (exact) mass is 631 g/mol. The molecule has 49 heavy (non-hydrogen) atoms. The summed E-state index contributed by atoms with van der Waals surface area (Å²) in [5.41, 5.74) is 11.4. The van der Waals surface area contributed by atoms with Gasteiger partial charge in [-0.25, -0.2) is 15.0 Å². The first-order valence-electron chi connectivity index (χ1n) is 16.5. The van der Waals surface area contributed by atoms with Crippen LogP contribution in [0, 0.1) is 0 Å². The molecule has 0 N–H and O–H groups in total. The van der Waals surface area contributed by atoms with Gasteiger partial charge in [-0.05, 0) is 60.3 Å². The average molecular weight is 632 g/mol. The molecule has 0 fully saturated rings. The van der Waals surface area contributed by atoms with Crippen molar-refractivity contribution in [3.05, 3.63) is 133 Å². The van der Waals surface area contributed by atoms with E-state index in [1.165, 1.54) is 5.46 Å². The third-order valence-electron chi connectivity index (χ3n) is 9.98. The molecule has 7 heterocycles. The predicted molar refractivity (Wildman–Crippen MR) is 193 cm³/mol. The van der Waals surface area contributed by atoms with Crippen LogP contribution in [-0.2, 0) is 0 Å². The predicted octanol–water partition coefficient (Wildman–Crippen LogP) is 4.08. The number of nitrogens with zero attached hydrogens (tertiary/aromatic N) is 9. The van der Waals surface area contributed by atoms with Gasteiger partial charge in [0.05, 0.1) is 29.1 Å². The number of rotatable bonds is 3. The Bertz CT molecular complexity index is 2780. The minimum atomic E-state index is -0.142. The van der Waals surface area contributed by atoms with E-state index in [0.29, 0.717) is 12.4 Å². The van der Waals surface area contributed by atoms with Crippen molar-refractivity contribution >= 4 is 62.4 Å². The lowest BCUT2D eigenvalue weighted by molar-refractivity contribution is 0.682. The Morgan fingerprint density at radius 2 is 1.47 bits per heavy atom. The van der Waals surface area contributed by atoms with Gasteiger partial charge >= 0.3 is 0 Å². The van der Waals surface area contributed by atoms with E-state index in [1.54, 1.807) is 18.6 Å². The molecule has 1 atom stereocenters. The van der Waals surface area contributed by atoms with Crippen LogP contribution in [0.1, 0.15) is 6.92 Å². The van der Waals surface area contributed by atoms with E-state index in [2.05, 4.69) is 106 Å². The van der Waals surface area contributed by atoms with Crippen molar-refractivity contribution in [2.45, 2.75) is 13.0 Å². The molecular weight excluding hydrogens is 605 g/mol. The van der Waals surface area contributed by atoms with Gasteiger partial charge in [-0.1, -0.05) is 54.6 Å². The van der Waals surface area contributed by atoms with Gasteiger partial charge < -0.3 is 0 Å². The quantitative estimate of drug-likeness (QED) is 0.275. The third-order valence-corrected chi connectivity index (χ3v) is 9.98. The summed E-state index contributed by atoms with van der Waals surface area (Å²) in [7, 11) is 0. The number of fused-ring (bicyclic) bond motifs is 9. The van der Waals surface area contributed by atoms with Crippen LogP contribution in [0.25, 0.3) is 44.7 Å². The maximum atomic E-state index is 5.27. The lowest BCUT2D eigenvalue weighted by atomic mass is 9.35. The molecule has 9 nitrogen and oxygen atoms in total. The van der Waals surface area contributed by atoms with Gasteiger partial charge in [0.2, 0.25) is 0 Å². The highest BCUT2D eigenvalue weighted by atomic mass is 15.2. The number of aromatic nitrogens is 6. The first kappa shape index (κ1) is 26.6. The standard InChI is InChI=1S/C39H26BN9/c1-23-22-45-37-33(46-23)31-27-14-8-15-28-34(27)49(39(31)48(37)26-12-6-3-7-13-26)30-21-24(36-42-16-9-17-43-36)20-29-32(30)40(28)35-38(44-19-18-41-35)47(29)25-10-4-2-5-11-25/h2-21,23H,22H2,1H3. The molecule has 0 saturated carbocycles. The first-order chi connectivity index (χ1) is 24.3. The summed E-state index contributed by atoms with van der Waals surface area (Å²) in [6.07, 6.45) is 7.19. The average Bonchev–Trinajstić information content (AvgIpc) is 3.67. The normalized spacial score (nSPS) is 15.4. The van der Waals surface area contributed by atoms with Crippen LogP contribution >= 0.6 is 0 Å². The Kier molecular flexibility index (Phi) is 5.33. The summed E-state index contributed by atoms with van der Waals surface area (Å²) in [5.74, 6) is 1.48. The number of hydrogen-bond acceptors (Lipinski definition) is 7. The van der Waals surface area contributed by atoms with Crippen molar-refractivity contribution in [1.82, 2.24) is 29.1 Å². The minimum absolute atomic E-state index is 0.0890. The Morgan fingerprint density at radius 3 is 2.29 bits per heavy atom. The zero-order valence-corrected chi connectivity index (χ0v) is 26.4. The Morgan fingerprint density at radius 1 is 0.714 bits per heavy atom. The van der Waals surface area contributed by atoms with Crippen LogP contribution in [0.3, 0.4) is 0 Å². The number of para-hydroxylation sites is 3. The molecule has 230 valence electrons. The van der Waals surface area contributed by atoms with Gasteiger partial charge in [-0.15, -0.1) is 0 Å². The zero-order chi connectivity index (χ0) is 32.2. The highest BCUT2D eigenvalue weighted by molar-refractivity contribution is 6.99. The molecule has 0 spiro atoms. The van der Waals surface area contributed by atoms with Gasteiger partial charge in [0.1, 0.15) is 11.0 Å². The smallest absolute Gasteiger partial charge is 0.277 e. The lowest BCUT2D eigenvalue weighted by Gasteiger charge is -2.38. The van der Waals surface area contributed by atoms with Crippen LogP contribution in [0.4, 0.5) is 17.2 Å². The van der Waals surface area contributed by atoms with E-state index < -0.39 is 0 Å². The summed E-state index contributed by atoms with van der Waals surface area (Å²) >= 11 is 0. The molecule has 4 aromatic carbocycles. The van der Waals surface area contributed by atoms with Crippen LogP contribution in [-0.4, -0.2) is 48.4 Å². The van der Waals surface area contributed by atoms with E-state index in [4.69, 9.17) is 29.9 Å². The van der Waals surface area contributed by atoms with Gasteiger partial charge in [0, 0.05) is 58.5 Å². The second-order valence-corrected chi connectivity index (χ2v) is 12.8. The van der Waals surface area contributed by atoms with E-state index in [9.17, 15) is 0 Å². The van der Waals surface area contributed by atoms with E-state index in [1.807, 2.05) is 18.3 Å². The summed E-state index contributed by atoms with van der Waals surface area (Å²) in [6, 6.07) is 34.0. The Labute approximate surface area is 280 Å². The molecule has 0 aliphatic carbocycles. The van der Waals surface area contributed by atoms with Gasteiger partial charge in [0.25, 0.3) is 6.71 Å². The van der Waals surface area contributed by atoms with Gasteiger partial charge in [0.15, 0.2) is 17.1 Å². The maximum Gasteiger partial charge on any atom is 0.277 e. The molecule has 0 radical (unpaired) electrons. The van der Waals surface area contributed by atoms with Gasteiger partial charge in [-0.2, -0.15) is 0 Å². The Balaban J connectivity index is 1.38. The molecule has 10 heteroatoms. The van der Waals surface area contributed by atoms with Crippen LogP contribution in [0.2, 0.25) is 0 Å². The number of hydrogen-bond donors (Lipinski definition) is 0. The SMILES string of the molecule is CC1CN=c2c(c3c4cccc5c4n(c3n2-c2ccccc2)-c2cc(-c3ncccn3)cc3c2B5c2nccnc2N3c2ccccc2)=N1. The Hall–Kier alpha value is -6.42. The van der Waals surface area contributed by atoms with Crippen LogP contribution in [0.5, 0.6) is 0 Å². The molecule has 8 aromatic rings. The maximum absolute atomic E-state index is 5.27. The molecule has 3 aliphatic heterocycles. The molecular formula is C39H26BN9. The van der Waals surface area contributed by atoms with E-state index in [-0.39, 0.29) is 12.8 Å². The highest BCUT2D eigenvalue weighted by Gasteiger charge is 2.44. The second-order valence-electron chi connectivity index (χ2n) is 12.8. The first-order valence-corrected chi connectivity index (χ1v) is 16.5. The summed E-state index contributed by atoms with van der Waals surface area (Å²) in [6.45, 7) is 2.65. The highest BCUT2D eigenvalue weighted by Crippen LogP contribution is 2.41. The van der Waals surface area contributed by atoms with Crippen molar-refractivity contribution in [1.29, 1.82) is 0 Å². The third kappa shape index (κ3) is 3.54. The molecule has 11 rings (SSSR count). The molecule has 1 unspecified atom stereocenters. The lowest BCUT2D eigenvalue weighted by Crippen LogP contribution is -2.61. The van der Waals surface area contributed by atoms with Gasteiger partial charge in [-0.3, -0.25) is 29.0 Å². The van der Waals surface area contributed by atoms with Crippen molar-refractivity contribution in [2.24, 2.45) is 9.98 Å². The van der Waals surface area contributed by atoms with E-state index >= 15 is 0 Å². The minimum Gasteiger partial charge on any atom is -0.296 e. The van der Waals surface area contributed by atoms with E-state index in [0.717, 1.165) is 78.0 Å². The molecule has 3 aliphatic rings. The summed E-state index contributed by atoms with van der Waals surface area (Å²) in [5, 5.41) is 3.21. The van der Waals surface area contributed by atoms with Crippen molar-refractivity contribution in [3.63, 3.8) is 0 Å². The van der Waals surface area contributed by atoms with Crippen molar-refractivity contribution in [2.75, 3.05) is 11.4 Å². The zero-order valence-electron chi connectivity index (χ0n) is 26.4. The van der Waals surface area contributed by atoms with Crippen molar-refractivity contribution in [3.8, 4) is 22.8 Å². The number of anilines is 3. The molecule has 0 amide bonds. The number of benzene rings is 4. The fraction of sp³-hybridized carbons (Fsp3) is 0.0769. The topological polar surface area (TPSA) is 89.4 Å². The molecule has 0 saturated heterocycles. The summed E-state index contributed by atoms with van der Waals surface area (Å²) in [4.78, 5) is 32.2. The fourth-order valence-electron chi connectivity index (χ4n) is 8.13. The molecule has 4 aromatic heterocycles. The second kappa shape index (κ2) is 9.80. The van der Waals surface area contributed by atoms with Crippen LogP contribution in [0.15, 0.2) is 132 Å². The summed E-state index contributed by atoms with van der Waals surface area (Å²) < 4.78 is 4.74. The molecule has 0 bridgehead atoms. The van der Waals surface area contributed by atoms with Crippen molar-refractivity contribution < 1.29 is 0 Å².